The zero-order chi connectivity index (χ0) is 21.8. The topological polar surface area (TPSA) is 47.9 Å². The summed E-state index contributed by atoms with van der Waals surface area (Å²) in [6, 6.07) is 0. The predicted octanol–water partition coefficient (Wildman–Crippen LogP) is 3.93. The Hall–Kier alpha value is -1.00. The molecule has 0 aliphatic rings. The maximum absolute atomic E-state index is 13.0. The summed E-state index contributed by atoms with van der Waals surface area (Å²) < 4.78 is 160. The van der Waals surface area contributed by atoms with Gasteiger partial charge in [0, 0.05) is 0 Å². The first-order chi connectivity index (χ1) is 11.9. The molecule has 0 saturated heterocycles. The minimum absolute atomic E-state index is 0.252. The second-order valence-electron chi connectivity index (χ2n) is 5.26. The number of halogens is 12. The van der Waals surface area contributed by atoms with Gasteiger partial charge >= 0.3 is 37.6 Å². The monoisotopic (exact) mass is 436 g/mol. The first-order valence-electron chi connectivity index (χ1n) is 6.49. The van der Waals surface area contributed by atoms with Crippen LogP contribution in [0.25, 0.3) is 0 Å². The van der Waals surface area contributed by atoms with E-state index in [1.165, 1.54) is 0 Å². The summed E-state index contributed by atoms with van der Waals surface area (Å²) in [4.78, 5) is 0. The number of alkyl halides is 12. The van der Waals surface area contributed by atoms with E-state index in [0.717, 1.165) is 0 Å². The summed E-state index contributed by atoms with van der Waals surface area (Å²) in [5.74, 6) is 0. The second-order valence-corrected chi connectivity index (χ2v) is 5.26. The maximum Gasteiger partial charge on any atom is 0.418 e. The Morgan fingerprint density at radius 3 is 1.30 bits per heavy atom. The highest BCUT2D eigenvalue weighted by Gasteiger charge is 2.56. The summed E-state index contributed by atoms with van der Waals surface area (Å²) in [7, 11) is 0. The van der Waals surface area contributed by atoms with Gasteiger partial charge < -0.3 is 9.84 Å². The first kappa shape index (κ1) is 26.0. The molecule has 0 rings (SSSR count). The van der Waals surface area contributed by atoms with Gasteiger partial charge in [-0.3, -0.25) is 9.47 Å². The standard InChI is InChI=1S/C11H12F12O4/c1-8(2-24,3-25-9(18,19)4(12)13)7(26-10(20,21)5(14)15)27-11(22,23)6(16)17/h4-7,24H,2-3H2,1H3. The molecule has 27 heavy (non-hydrogen) atoms. The minimum atomic E-state index is -5.63. The molecular formula is C11H12F12O4. The van der Waals surface area contributed by atoms with Crippen molar-refractivity contribution in [3.63, 3.8) is 0 Å². The molecule has 0 aliphatic carbocycles. The Labute approximate surface area is 143 Å². The van der Waals surface area contributed by atoms with Crippen molar-refractivity contribution >= 4 is 0 Å². The predicted molar refractivity (Wildman–Crippen MR) is 60.0 cm³/mol. The van der Waals surface area contributed by atoms with Crippen LogP contribution in [0.5, 0.6) is 0 Å². The largest absolute Gasteiger partial charge is 0.418 e. The van der Waals surface area contributed by atoms with E-state index in [0.29, 0.717) is 0 Å². The Morgan fingerprint density at radius 2 is 1.04 bits per heavy atom. The van der Waals surface area contributed by atoms with E-state index in [4.69, 9.17) is 5.11 Å². The van der Waals surface area contributed by atoms with Crippen LogP contribution < -0.4 is 0 Å². The molecule has 0 spiro atoms. The molecule has 0 radical (unpaired) electrons. The average Bonchev–Trinajstić information content (AvgIpc) is 2.51. The lowest BCUT2D eigenvalue weighted by molar-refractivity contribution is -0.439. The number of rotatable bonds is 12. The van der Waals surface area contributed by atoms with Crippen molar-refractivity contribution in [3.05, 3.63) is 0 Å². The first-order valence-corrected chi connectivity index (χ1v) is 6.49. The molecule has 164 valence electrons. The molecule has 1 N–H and O–H groups in total. The van der Waals surface area contributed by atoms with Gasteiger partial charge in [0.25, 0.3) is 0 Å². The van der Waals surface area contributed by atoms with Crippen LogP contribution in [-0.4, -0.2) is 62.2 Å². The molecule has 0 aliphatic heterocycles. The van der Waals surface area contributed by atoms with Crippen LogP contribution >= 0.6 is 0 Å². The van der Waals surface area contributed by atoms with Crippen LogP contribution in [0.1, 0.15) is 6.92 Å². The van der Waals surface area contributed by atoms with Gasteiger partial charge in [-0.25, -0.2) is 26.3 Å². The summed E-state index contributed by atoms with van der Waals surface area (Å²) in [6.07, 6.45) is -34.1. The lowest BCUT2D eigenvalue weighted by Crippen LogP contribution is -2.53. The normalized spacial score (nSPS) is 16.7. The SMILES string of the molecule is CC(CO)(COC(F)(F)C(F)F)C(OC(F)(F)C(F)F)OC(F)(F)C(F)F. The Bertz CT molecular complexity index is 439. The molecule has 0 heterocycles. The third-order valence-electron chi connectivity index (χ3n) is 2.82. The van der Waals surface area contributed by atoms with Crippen LogP contribution in [0.3, 0.4) is 0 Å². The molecule has 0 aromatic carbocycles. The molecule has 4 nitrogen and oxygen atoms in total. The van der Waals surface area contributed by atoms with Crippen molar-refractivity contribution in [1.82, 2.24) is 0 Å². The fraction of sp³-hybridized carbons (Fsp3) is 1.00. The molecule has 0 bridgehead atoms. The van der Waals surface area contributed by atoms with Crippen LogP contribution in [0.2, 0.25) is 0 Å². The maximum atomic E-state index is 13.0. The van der Waals surface area contributed by atoms with Gasteiger partial charge in [0.15, 0.2) is 6.29 Å². The summed E-state index contributed by atoms with van der Waals surface area (Å²) in [5.41, 5.74) is -3.12. The van der Waals surface area contributed by atoms with Gasteiger partial charge in [-0.1, -0.05) is 6.92 Å². The highest BCUT2D eigenvalue weighted by molar-refractivity contribution is 4.81. The van der Waals surface area contributed by atoms with Crippen molar-refractivity contribution in [2.45, 2.75) is 50.8 Å². The molecule has 1 unspecified atom stereocenters. The Kier molecular flexibility index (Phi) is 8.67. The van der Waals surface area contributed by atoms with E-state index in [2.05, 4.69) is 14.2 Å². The number of hydrogen-bond acceptors (Lipinski definition) is 4. The van der Waals surface area contributed by atoms with Gasteiger partial charge in [-0.15, -0.1) is 0 Å². The highest BCUT2D eigenvalue weighted by Crippen LogP contribution is 2.39. The smallest absolute Gasteiger partial charge is 0.396 e. The van der Waals surface area contributed by atoms with Gasteiger partial charge in [0.05, 0.1) is 18.6 Å². The molecule has 16 heteroatoms. The number of aliphatic hydroxyl groups excluding tert-OH is 1. The molecule has 0 amide bonds. The summed E-state index contributed by atoms with van der Waals surface area (Å²) in [6.45, 7) is -3.58. The van der Waals surface area contributed by atoms with Gasteiger partial charge in [0.2, 0.25) is 0 Å². The third-order valence-corrected chi connectivity index (χ3v) is 2.82. The summed E-state index contributed by atoms with van der Waals surface area (Å²) >= 11 is 0. The Morgan fingerprint density at radius 1 is 0.704 bits per heavy atom. The van der Waals surface area contributed by atoms with Crippen molar-refractivity contribution in [2.24, 2.45) is 5.41 Å². The Balaban J connectivity index is 5.75. The molecule has 1 atom stereocenters. The lowest BCUT2D eigenvalue weighted by Gasteiger charge is -2.38. The van der Waals surface area contributed by atoms with E-state index in [1.54, 1.807) is 0 Å². The number of aliphatic hydroxyl groups is 1. The minimum Gasteiger partial charge on any atom is -0.396 e. The molecular weight excluding hydrogens is 424 g/mol. The van der Waals surface area contributed by atoms with Crippen LogP contribution in [0.4, 0.5) is 52.7 Å². The fourth-order valence-corrected chi connectivity index (χ4v) is 1.21. The van der Waals surface area contributed by atoms with Crippen LogP contribution in [0.15, 0.2) is 0 Å². The molecule has 0 saturated carbocycles. The van der Waals surface area contributed by atoms with Gasteiger partial charge in [-0.2, -0.15) is 26.3 Å². The fourth-order valence-electron chi connectivity index (χ4n) is 1.21. The van der Waals surface area contributed by atoms with Crippen molar-refractivity contribution in [2.75, 3.05) is 13.2 Å². The quantitative estimate of drug-likeness (QED) is 0.372. The van der Waals surface area contributed by atoms with Gasteiger partial charge in [0.1, 0.15) is 0 Å². The molecule has 0 aromatic rings. The van der Waals surface area contributed by atoms with Gasteiger partial charge in [-0.05, 0) is 0 Å². The molecule has 0 aromatic heterocycles. The number of hydrogen-bond donors (Lipinski definition) is 1. The zero-order valence-electron chi connectivity index (χ0n) is 12.9. The van der Waals surface area contributed by atoms with Crippen LogP contribution in [0, 0.1) is 5.41 Å². The van der Waals surface area contributed by atoms with E-state index in [9.17, 15) is 52.7 Å². The average molecular weight is 436 g/mol. The van der Waals surface area contributed by atoms with E-state index >= 15 is 0 Å². The zero-order valence-corrected chi connectivity index (χ0v) is 12.9. The second kappa shape index (κ2) is 9.00. The lowest BCUT2D eigenvalue weighted by atomic mass is 9.91. The van der Waals surface area contributed by atoms with E-state index in [-0.39, 0.29) is 6.92 Å². The van der Waals surface area contributed by atoms with Crippen molar-refractivity contribution in [3.8, 4) is 0 Å². The van der Waals surface area contributed by atoms with Crippen molar-refractivity contribution < 1.29 is 72.0 Å². The highest BCUT2D eigenvalue weighted by atomic mass is 19.3. The van der Waals surface area contributed by atoms with Crippen molar-refractivity contribution in [1.29, 1.82) is 0 Å². The van der Waals surface area contributed by atoms with E-state index < -0.39 is 62.5 Å². The molecule has 0 fully saturated rings. The third kappa shape index (κ3) is 7.15. The van der Waals surface area contributed by atoms with E-state index in [1.807, 2.05) is 0 Å². The summed E-state index contributed by atoms with van der Waals surface area (Å²) in [5, 5.41) is 9.02. The van der Waals surface area contributed by atoms with Crippen LogP contribution in [-0.2, 0) is 14.2 Å². The number of ether oxygens (including phenoxy) is 3.